The van der Waals surface area contributed by atoms with Crippen molar-refractivity contribution in [3.63, 3.8) is 0 Å². The molecule has 0 spiro atoms. The van der Waals surface area contributed by atoms with Gasteiger partial charge in [0.15, 0.2) is 0 Å². The number of methoxy groups -OCH3 is 1. The molecule has 1 saturated heterocycles. The molecule has 5 heteroatoms. The summed E-state index contributed by atoms with van der Waals surface area (Å²) in [5, 5.41) is 0. The summed E-state index contributed by atoms with van der Waals surface area (Å²) in [6.07, 6.45) is 2.13. The van der Waals surface area contributed by atoms with E-state index in [0.29, 0.717) is 5.92 Å². The Kier molecular flexibility index (Phi) is 5.21. The lowest BCUT2D eigenvalue weighted by Gasteiger charge is -2.25. The fourth-order valence-electron chi connectivity index (χ4n) is 2.75. The summed E-state index contributed by atoms with van der Waals surface area (Å²) < 4.78 is 12.1. The molecular formula is C14H21BrN2O2. The van der Waals surface area contributed by atoms with Crippen molar-refractivity contribution in [2.24, 2.45) is 11.8 Å². The Labute approximate surface area is 122 Å². The van der Waals surface area contributed by atoms with Crippen LogP contribution in [-0.4, -0.2) is 25.9 Å². The number of hydrogen-bond acceptors (Lipinski definition) is 4. The van der Waals surface area contributed by atoms with Crippen LogP contribution in [0.25, 0.3) is 0 Å². The van der Waals surface area contributed by atoms with Crippen molar-refractivity contribution in [1.82, 2.24) is 5.43 Å². The molecule has 1 aliphatic rings. The van der Waals surface area contributed by atoms with Gasteiger partial charge < -0.3 is 9.47 Å². The first kappa shape index (κ1) is 14.8. The number of nitrogens with two attached hydrogens (primary N) is 1. The molecule has 106 valence electrons. The van der Waals surface area contributed by atoms with Gasteiger partial charge in [0, 0.05) is 23.0 Å². The molecule has 0 amide bonds. The van der Waals surface area contributed by atoms with Crippen LogP contribution in [0.4, 0.5) is 0 Å². The maximum absolute atomic E-state index is 5.73. The van der Waals surface area contributed by atoms with Crippen molar-refractivity contribution in [3.05, 3.63) is 28.2 Å². The smallest absolute Gasteiger partial charge is 0.122 e. The molecule has 3 atom stereocenters. The number of hydrazine groups is 1. The second-order valence-corrected chi connectivity index (χ2v) is 5.88. The van der Waals surface area contributed by atoms with Crippen molar-refractivity contribution in [3.8, 4) is 5.75 Å². The van der Waals surface area contributed by atoms with Crippen LogP contribution >= 0.6 is 15.9 Å². The van der Waals surface area contributed by atoms with Crippen molar-refractivity contribution < 1.29 is 9.47 Å². The fourth-order valence-corrected chi connectivity index (χ4v) is 3.16. The van der Waals surface area contributed by atoms with E-state index < -0.39 is 0 Å². The zero-order valence-corrected chi connectivity index (χ0v) is 12.9. The molecule has 1 aromatic carbocycles. The largest absolute Gasteiger partial charge is 0.496 e. The van der Waals surface area contributed by atoms with Crippen LogP contribution in [0.1, 0.15) is 18.9 Å². The summed E-state index contributed by atoms with van der Waals surface area (Å²) >= 11 is 3.50. The number of ether oxygens (including phenoxy) is 2. The van der Waals surface area contributed by atoms with Gasteiger partial charge in [-0.1, -0.05) is 15.9 Å². The highest BCUT2D eigenvalue weighted by Crippen LogP contribution is 2.29. The lowest BCUT2D eigenvalue weighted by atomic mass is 9.89. The van der Waals surface area contributed by atoms with Crippen LogP contribution in [-0.2, 0) is 11.2 Å². The summed E-state index contributed by atoms with van der Waals surface area (Å²) in [4.78, 5) is 0. The molecule has 3 N–H and O–H groups in total. The van der Waals surface area contributed by atoms with Gasteiger partial charge in [-0.05, 0) is 43.5 Å². The summed E-state index contributed by atoms with van der Waals surface area (Å²) in [5.74, 6) is 7.07. The Morgan fingerprint density at radius 3 is 2.95 bits per heavy atom. The minimum absolute atomic E-state index is 0.195. The van der Waals surface area contributed by atoms with E-state index in [4.69, 9.17) is 15.3 Å². The fraction of sp³-hybridized carbons (Fsp3) is 0.571. The predicted octanol–water partition coefficient (Wildman–Crippen LogP) is 2.26. The molecule has 0 aromatic heterocycles. The average Bonchev–Trinajstić information content (AvgIpc) is 2.82. The Bertz CT molecular complexity index is 428. The summed E-state index contributed by atoms with van der Waals surface area (Å²) in [6.45, 7) is 2.93. The molecule has 1 fully saturated rings. The van der Waals surface area contributed by atoms with Gasteiger partial charge in [-0.15, -0.1) is 0 Å². The summed E-state index contributed by atoms with van der Waals surface area (Å²) in [7, 11) is 1.69. The van der Waals surface area contributed by atoms with E-state index in [1.165, 1.54) is 0 Å². The minimum atomic E-state index is 0.195. The highest BCUT2D eigenvalue weighted by Gasteiger charge is 2.31. The molecule has 0 saturated carbocycles. The maximum atomic E-state index is 5.73. The topological polar surface area (TPSA) is 56.5 Å². The van der Waals surface area contributed by atoms with Crippen molar-refractivity contribution >= 4 is 15.9 Å². The van der Waals surface area contributed by atoms with Crippen molar-refractivity contribution in [1.29, 1.82) is 0 Å². The van der Waals surface area contributed by atoms with E-state index >= 15 is 0 Å². The van der Waals surface area contributed by atoms with Crippen LogP contribution in [0.2, 0.25) is 0 Å². The van der Waals surface area contributed by atoms with Gasteiger partial charge in [0.05, 0.1) is 13.2 Å². The van der Waals surface area contributed by atoms with Crippen molar-refractivity contribution in [2.75, 3.05) is 13.7 Å². The van der Waals surface area contributed by atoms with Gasteiger partial charge in [-0.25, -0.2) is 0 Å². The van der Waals surface area contributed by atoms with E-state index in [1.54, 1.807) is 7.11 Å². The van der Waals surface area contributed by atoms with Crippen LogP contribution in [0.5, 0.6) is 5.75 Å². The summed E-state index contributed by atoms with van der Waals surface area (Å²) in [6, 6.07) is 6.24. The molecule has 19 heavy (non-hydrogen) atoms. The van der Waals surface area contributed by atoms with E-state index in [2.05, 4.69) is 34.3 Å². The minimum Gasteiger partial charge on any atom is -0.496 e. The molecule has 0 bridgehead atoms. The van der Waals surface area contributed by atoms with Crippen LogP contribution in [0.15, 0.2) is 22.7 Å². The van der Waals surface area contributed by atoms with Crippen LogP contribution in [0.3, 0.4) is 0 Å². The van der Waals surface area contributed by atoms with Crippen molar-refractivity contribution in [2.45, 2.75) is 31.9 Å². The predicted molar refractivity (Wildman–Crippen MR) is 79.0 cm³/mol. The third-order valence-electron chi connectivity index (χ3n) is 3.85. The Morgan fingerprint density at radius 2 is 2.37 bits per heavy atom. The number of nitrogens with one attached hydrogen (secondary N) is 1. The first-order valence-corrected chi connectivity index (χ1v) is 7.35. The monoisotopic (exact) mass is 328 g/mol. The Balaban J connectivity index is 2.15. The van der Waals surface area contributed by atoms with Gasteiger partial charge in [-0.3, -0.25) is 11.3 Å². The average molecular weight is 329 g/mol. The van der Waals surface area contributed by atoms with Crippen LogP contribution in [0, 0.1) is 5.92 Å². The zero-order valence-electron chi connectivity index (χ0n) is 11.4. The molecule has 4 nitrogen and oxygen atoms in total. The van der Waals surface area contributed by atoms with E-state index in [-0.39, 0.29) is 12.1 Å². The molecular weight excluding hydrogens is 308 g/mol. The molecule has 1 heterocycles. The molecule has 0 radical (unpaired) electrons. The molecule has 1 aliphatic heterocycles. The number of benzene rings is 1. The standard InChI is InChI=1S/C14H21BrN2O2/c1-9-12(5-6-19-9)13(17-16)8-10-7-11(15)3-4-14(10)18-2/h3-4,7,9,12-13,17H,5-6,8,16H2,1-2H3. The molecule has 3 unspecified atom stereocenters. The lowest BCUT2D eigenvalue weighted by molar-refractivity contribution is 0.0953. The zero-order chi connectivity index (χ0) is 13.8. The molecule has 0 aliphatic carbocycles. The van der Waals surface area contributed by atoms with Gasteiger partial charge >= 0.3 is 0 Å². The quantitative estimate of drug-likeness (QED) is 0.643. The van der Waals surface area contributed by atoms with E-state index in [0.717, 1.165) is 35.2 Å². The third-order valence-corrected chi connectivity index (χ3v) is 4.34. The Morgan fingerprint density at radius 1 is 1.58 bits per heavy atom. The molecule has 1 aromatic rings. The van der Waals surface area contributed by atoms with Gasteiger partial charge in [0.1, 0.15) is 5.75 Å². The second-order valence-electron chi connectivity index (χ2n) is 4.96. The second kappa shape index (κ2) is 6.70. The van der Waals surface area contributed by atoms with Gasteiger partial charge in [-0.2, -0.15) is 0 Å². The third kappa shape index (κ3) is 3.48. The van der Waals surface area contributed by atoms with Gasteiger partial charge in [0.25, 0.3) is 0 Å². The first-order chi connectivity index (χ1) is 9.15. The maximum Gasteiger partial charge on any atom is 0.122 e. The first-order valence-electron chi connectivity index (χ1n) is 6.56. The Hall–Kier alpha value is -0.620. The lowest BCUT2D eigenvalue weighted by Crippen LogP contribution is -2.44. The van der Waals surface area contributed by atoms with Crippen LogP contribution < -0.4 is 16.0 Å². The number of halogens is 1. The number of hydrogen-bond donors (Lipinski definition) is 2. The number of rotatable bonds is 5. The normalized spacial score (nSPS) is 24.4. The van der Waals surface area contributed by atoms with E-state index in [9.17, 15) is 0 Å². The highest BCUT2D eigenvalue weighted by molar-refractivity contribution is 9.10. The van der Waals surface area contributed by atoms with Gasteiger partial charge in [0.2, 0.25) is 0 Å². The molecule has 2 rings (SSSR count). The summed E-state index contributed by atoms with van der Waals surface area (Å²) in [5.41, 5.74) is 4.09. The highest BCUT2D eigenvalue weighted by atomic mass is 79.9. The van der Waals surface area contributed by atoms with E-state index in [1.807, 2.05) is 12.1 Å². The SMILES string of the molecule is COc1ccc(Br)cc1CC(NN)C1CCOC1C.